The van der Waals surface area contributed by atoms with Crippen LogP contribution in [0.25, 0.3) is 5.69 Å². The molecule has 1 aromatic heterocycles. The molecular formula is C14H16N4. The van der Waals surface area contributed by atoms with Crippen LogP contribution in [0.1, 0.15) is 29.4 Å². The van der Waals surface area contributed by atoms with Gasteiger partial charge in [-0.3, -0.25) is 0 Å². The van der Waals surface area contributed by atoms with Gasteiger partial charge in [0.2, 0.25) is 0 Å². The van der Waals surface area contributed by atoms with Crippen molar-refractivity contribution in [1.82, 2.24) is 9.78 Å². The van der Waals surface area contributed by atoms with Crippen molar-refractivity contribution in [1.29, 1.82) is 5.26 Å². The zero-order chi connectivity index (χ0) is 13.3. The van der Waals surface area contributed by atoms with Gasteiger partial charge >= 0.3 is 0 Å². The molecular weight excluding hydrogens is 224 g/mol. The SMILES string of the molecule is CCc1c(C)nn(-c2ccc(N)c(C#N)c2)c1C. The zero-order valence-corrected chi connectivity index (χ0v) is 10.9. The molecule has 0 unspecified atom stereocenters. The van der Waals surface area contributed by atoms with E-state index in [0.717, 1.165) is 23.5 Å². The van der Waals surface area contributed by atoms with Crippen LogP contribution >= 0.6 is 0 Å². The van der Waals surface area contributed by atoms with Crippen molar-refractivity contribution < 1.29 is 0 Å². The molecule has 0 aliphatic rings. The number of hydrogen-bond donors (Lipinski definition) is 1. The van der Waals surface area contributed by atoms with Gasteiger partial charge in [0.1, 0.15) is 6.07 Å². The van der Waals surface area contributed by atoms with Crippen molar-refractivity contribution >= 4 is 5.69 Å². The van der Waals surface area contributed by atoms with E-state index < -0.39 is 0 Å². The molecule has 0 fully saturated rings. The van der Waals surface area contributed by atoms with E-state index in [1.54, 1.807) is 12.1 Å². The number of nitrogen functional groups attached to an aromatic ring is 1. The summed E-state index contributed by atoms with van der Waals surface area (Å²) in [7, 11) is 0. The highest BCUT2D eigenvalue weighted by atomic mass is 15.3. The Morgan fingerprint density at radius 2 is 2.11 bits per heavy atom. The van der Waals surface area contributed by atoms with Gasteiger partial charge in [-0.15, -0.1) is 0 Å². The highest BCUT2D eigenvalue weighted by Gasteiger charge is 2.11. The van der Waals surface area contributed by atoms with E-state index >= 15 is 0 Å². The van der Waals surface area contributed by atoms with Gasteiger partial charge in [-0.2, -0.15) is 10.4 Å². The number of hydrogen-bond acceptors (Lipinski definition) is 3. The normalized spacial score (nSPS) is 10.3. The van der Waals surface area contributed by atoms with Crippen LogP contribution in [0.4, 0.5) is 5.69 Å². The lowest BCUT2D eigenvalue weighted by molar-refractivity contribution is 0.832. The molecule has 1 aromatic carbocycles. The quantitative estimate of drug-likeness (QED) is 0.820. The fourth-order valence-electron chi connectivity index (χ4n) is 2.21. The first kappa shape index (κ1) is 12.2. The fraction of sp³-hybridized carbons (Fsp3) is 0.286. The highest BCUT2D eigenvalue weighted by molar-refractivity contribution is 5.58. The van der Waals surface area contributed by atoms with Crippen molar-refractivity contribution in [2.45, 2.75) is 27.2 Å². The predicted molar refractivity (Wildman–Crippen MR) is 71.5 cm³/mol. The van der Waals surface area contributed by atoms with Crippen LogP contribution in [-0.2, 0) is 6.42 Å². The topological polar surface area (TPSA) is 67.6 Å². The van der Waals surface area contributed by atoms with E-state index in [1.807, 2.05) is 24.6 Å². The summed E-state index contributed by atoms with van der Waals surface area (Å²) >= 11 is 0. The maximum atomic E-state index is 9.01. The number of nitrogens with two attached hydrogens (primary N) is 1. The summed E-state index contributed by atoms with van der Waals surface area (Å²) in [4.78, 5) is 0. The lowest BCUT2D eigenvalue weighted by Crippen LogP contribution is -2.01. The molecule has 2 aromatic rings. The molecule has 0 aliphatic heterocycles. The summed E-state index contributed by atoms with van der Waals surface area (Å²) < 4.78 is 1.87. The predicted octanol–water partition coefficient (Wildman–Crippen LogP) is 2.51. The van der Waals surface area contributed by atoms with Gasteiger partial charge in [0.25, 0.3) is 0 Å². The number of nitriles is 1. The van der Waals surface area contributed by atoms with E-state index in [9.17, 15) is 0 Å². The van der Waals surface area contributed by atoms with E-state index in [-0.39, 0.29) is 0 Å². The molecule has 0 radical (unpaired) electrons. The molecule has 2 N–H and O–H groups in total. The first-order valence-electron chi connectivity index (χ1n) is 5.93. The second-order valence-electron chi connectivity index (χ2n) is 4.30. The minimum absolute atomic E-state index is 0.484. The molecule has 18 heavy (non-hydrogen) atoms. The van der Waals surface area contributed by atoms with Crippen LogP contribution in [0, 0.1) is 25.2 Å². The van der Waals surface area contributed by atoms with Gasteiger partial charge in [-0.05, 0) is 44.0 Å². The van der Waals surface area contributed by atoms with Crippen molar-refractivity contribution in [3.05, 3.63) is 40.7 Å². The zero-order valence-electron chi connectivity index (χ0n) is 10.9. The van der Waals surface area contributed by atoms with E-state index in [2.05, 4.69) is 18.1 Å². The van der Waals surface area contributed by atoms with Crippen molar-refractivity contribution in [3.8, 4) is 11.8 Å². The Labute approximate surface area is 107 Å². The molecule has 1 heterocycles. The van der Waals surface area contributed by atoms with Crippen molar-refractivity contribution in [2.24, 2.45) is 0 Å². The maximum Gasteiger partial charge on any atom is 0.101 e. The Kier molecular flexibility index (Phi) is 3.07. The first-order valence-corrected chi connectivity index (χ1v) is 5.93. The molecule has 0 atom stereocenters. The van der Waals surface area contributed by atoms with Crippen LogP contribution in [0.2, 0.25) is 0 Å². The largest absolute Gasteiger partial charge is 0.398 e. The lowest BCUT2D eigenvalue weighted by atomic mass is 10.1. The molecule has 2 rings (SSSR count). The van der Waals surface area contributed by atoms with Crippen LogP contribution in [0.5, 0.6) is 0 Å². The Morgan fingerprint density at radius 1 is 1.39 bits per heavy atom. The molecule has 4 heteroatoms. The lowest BCUT2D eigenvalue weighted by Gasteiger charge is -2.06. The molecule has 0 aliphatic carbocycles. The second-order valence-corrected chi connectivity index (χ2v) is 4.30. The first-order chi connectivity index (χ1) is 8.58. The summed E-state index contributed by atoms with van der Waals surface area (Å²) in [6.07, 6.45) is 0.956. The third-order valence-corrected chi connectivity index (χ3v) is 3.20. The van der Waals surface area contributed by atoms with Crippen LogP contribution in [0.15, 0.2) is 18.2 Å². The van der Waals surface area contributed by atoms with E-state index in [1.165, 1.54) is 5.56 Å². The molecule has 4 nitrogen and oxygen atoms in total. The number of nitrogens with zero attached hydrogens (tertiary/aromatic N) is 3. The standard InChI is InChI=1S/C14H16N4/c1-4-13-9(2)17-18(10(13)3)12-5-6-14(16)11(7-12)8-15/h5-7H,4,16H2,1-3H3. The van der Waals surface area contributed by atoms with E-state index in [0.29, 0.717) is 11.3 Å². The third-order valence-electron chi connectivity index (χ3n) is 3.20. The van der Waals surface area contributed by atoms with Gasteiger partial charge in [0.05, 0.1) is 16.9 Å². The molecule has 0 spiro atoms. The van der Waals surface area contributed by atoms with E-state index in [4.69, 9.17) is 11.0 Å². The average Bonchev–Trinajstić information content (AvgIpc) is 2.65. The molecule has 92 valence electrons. The second kappa shape index (κ2) is 4.53. The molecule has 0 amide bonds. The Bertz CT molecular complexity index is 632. The Hall–Kier alpha value is -2.28. The minimum atomic E-state index is 0.484. The van der Waals surface area contributed by atoms with Crippen LogP contribution < -0.4 is 5.73 Å². The summed E-state index contributed by atoms with van der Waals surface area (Å²) in [6, 6.07) is 7.50. The molecule has 0 saturated carbocycles. The Morgan fingerprint density at radius 3 is 2.67 bits per heavy atom. The summed E-state index contributed by atoms with van der Waals surface area (Å²) in [6.45, 7) is 6.16. The van der Waals surface area contributed by atoms with Crippen molar-refractivity contribution in [2.75, 3.05) is 5.73 Å². The number of aryl methyl sites for hydroxylation is 1. The highest BCUT2D eigenvalue weighted by Crippen LogP contribution is 2.21. The molecule has 0 saturated heterocycles. The van der Waals surface area contributed by atoms with Crippen LogP contribution in [-0.4, -0.2) is 9.78 Å². The molecule has 0 bridgehead atoms. The van der Waals surface area contributed by atoms with Gasteiger partial charge in [-0.1, -0.05) is 6.92 Å². The number of benzene rings is 1. The summed E-state index contributed by atoms with van der Waals surface area (Å²) in [5, 5.41) is 13.5. The van der Waals surface area contributed by atoms with Gasteiger partial charge < -0.3 is 5.73 Å². The minimum Gasteiger partial charge on any atom is -0.398 e. The number of rotatable bonds is 2. The Balaban J connectivity index is 2.60. The number of anilines is 1. The number of aromatic nitrogens is 2. The monoisotopic (exact) mass is 240 g/mol. The third kappa shape index (κ3) is 1.84. The fourth-order valence-corrected chi connectivity index (χ4v) is 2.21. The van der Waals surface area contributed by atoms with Gasteiger partial charge in [-0.25, -0.2) is 4.68 Å². The van der Waals surface area contributed by atoms with Crippen LogP contribution in [0.3, 0.4) is 0 Å². The smallest absolute Gasteiger partial charge is 0.101 e. The van der Waals surface area contributed by atoms with Gasteiger partial charge in [0.15, 0.2) is 0 Å². The van der Waals surface area contributed by atoms with Crippen molar-refractivity contribution in [3.63, 3.8) is 0 Å². The average molecular weight is 240 g/mol. The summed E-state index contributed by atoms with van der Waals surface area (Å²) in [5.74, 6) is 0. The maximum absolute atomic E-state index is 9.01. The van der Waals surface area contributed by atoms with Gasteiger partial charge in [0, 0.05) is 11.4 Å². The summed E-state index contributed by atoms with van der Waals surface area (Å²) in [5.41, 5.74) is 11.0.